The van der Waals surface area contributed by atoms with Crippen molar-refractivity contribution in [2.24, 2.45) is 0 Å². The van der Waals surface area contributed by atoms with Gasteiger partial charge >= 0.3 is 0 Å². The van der Waals surface area contributed by atoms with Crippen molar-refractivity contribution in [3.63, 3.8) is 0 Å². The number of nitriles is 1. The van der Waals surface area contributed by atoms with Crippen molar-refractivity contribution in [2.75, 3.05) is 5.73 Å². The van der Waals surface area contributed by atoms with Gasteiger partial charge in [0.1, 0.15) is 4.88 Å². The second-order valence-corrected chi connectivity index (χ2v) is 3.06. The maximum absolute atomic E-state index is 11.1. The summed E-state index contributed by atoms with van der Waals surface area (Å²) in [6.07, 6.45) is 1.54. The molecule has 0 saturated carbocycles. The van der Waals surface area contributed by atoms with E-state index in [0.717, 1.165) is 11.3 Å². The first-order valence-electron chi connectivity index (χ1n) is 3.07. The van der Waals surface area contributed by atoms with E-state index in [2.05, 4.69) is 4.98 Å². The molecule has 0 spiro atoms. The Bertz CT molecular complexity index is 351. The highest BCUT2D eigenvalue weighted by molar-refractivity contribution is 7.17. The molecule has 1 aromatic rings. The predicted octanol–water partition coefficient (Wildman–Crippen LogP) is 0.245. The van der Waals surface area contributed by atoms with Crippen LogP contribution in [0.2, 0.25) is 0 Å². The topological polar surface area (TPSA) is 91.8 Å². The first-order valence-corrected chi connectivity index (χ1v) is 3.89. The summed E-state index contributed by atoms with van der Waals surface area (Å²) in [5.41, 5.74) is 5.90. The largest absolute Gasteiger partial charge is 0.375 e. The van der Waals surface area contributed by atoms with Crippen LogP contribution in [0.3, 0.4) is 0 Å². The van der Waals surface area contributed by atoms with Gasteiger partial charge in [0, 0.05) is 0 Å². The first-order chi connectivity index (χ1) is 5.65. The number of nitrogens with zero attached hydrogens (tertiary/aromatic N) is 2. The van der Waals surface area contributed by atoms with Crippen molar-refractivity contribution >= 4 is 22.4 Å². The maximum atomic E-state index is 11.1. The number of nitrogens with two attached hydrogens (primary N) is 1. The lowest BCUT2D eigenvalue weighted by Crippen LogP contribution is -2.16. The Morgan fingerprint density at radius 2 is 2.50 bits per heavy atom. The molecular formula is C6H6N4OS. The van der Waals surface area contributed by atoms with E-state index in [4.69, 9.17) is 11.0 Å². The number of hydrogen-bond donors (Lipinski definition) is 2. The van der Waals surface area contributed by atoms with E-state index in [1.54, 1.807) is 13.1 Å². The van der Waals surface area contributed by atoms with Crippen molar-refractivity contribution in [3.05, 3.63) is 10.6 Å². The van der Waals surface area contributed by atoms with Gasteiger partial charge in [0.25, 0.3) is 5.91 Å². The monoisotopic (exact) mass is 182 g/mol. The third-order valence-electron chi connectivity index (χ3n) is 1.19. The lowest BCUT2D eigenvalue weighted by molar-refractivity contribution is 0.0976. The zero-order valence-electron chi connectivity index (χ0n) is 6.29. The number of aryl methyl sites for hydroxylation is 1. The number of nitrogens with one attached hydrogen (secondary N) is 1. The summed E-state index contributed by atoms with van der Waals surface area (Å²) < 4.78 is 0. The predicted molar refractivity (Wildman–Crippen MR) is 44.3 cm³/mol. The molecule has 0 aliphatic rings. The Hall–Kier alpha value is -1.61. The molecule has 6 heteroatoms. The van der Waals surface area contributed by atoms with E-state index in [0.29, 0.717) is 15.7 Å². The minimum absolute atomic E-state index is 0.329. The molecule has 0 aliphatic heterocycles. The van der Waals surface area contributed by atoms with Crippen LogP contribution >= 0.6 is 11.3 Å². The third-order valence-corrected chi connectivity index (χ3v) is 2.17. The average Bonchev–Trinajstić information content (AvgIpc) is 2.30. The third kappa shape index (κ3) is 1.52. The van der Waals surface area contributed by atoms with Gasteiger partial charge in [0.2, 0.25) is 0 Å². The summed E-state index contributed by atoms with van der Waals surface area (Å²) >= 11 is 1.07. The van der Waals surface area contributed by atoms with E-state index < -0.39 is 5.91 Å². The van der Waals surface area contributed by atoms with Gasteiger partial charge in [-0.1, -0.05) is 11.3 Å². The van der Waals surface area contributed by atoms with E-state index in [1.165, 1.54) is 0 Å². The fraction of sp³-hybridized carbons (Fsp3) is 0.167. The highest BCUT2D eigenvalue weighted by Crippen LogP contribution is 2.18. The van der Waals surface area contributed by atoms with Gasteiger partial charge in [-0.25, -0.2) is 4.98 Å². The molecule has 1 aromatic heterocycles. The Morgan fingerprint density at radius 3 is 2.92 bits per heavy atom. The number of anilines is 1. The van der Waals surface area contributed by atoms with E-state index in [-0.39, 0.29) is 0 Å². The van der Waals surface area contributed by atoms with Crippen molar-refractivity contribution in [3.8, 4) is 6.19 Å². The average molecular weight is 182 g/mol. The van der Waals surface area contributed by atoms with Gasteiger partial charge < -0.3 is 5.73 Å². The van der Waals surface area contributed by atoms with Crippen LogP contribution in [0.15, 0.2) is 0 Å². The molecule has 1 amide bonds. The lowest BCUT2D eigenvalue weighted by atomic mass is 10.4. The summed E-state index contributed by atoms with van der Waals surface area (Å²) in [6.45, 7) is 1.67. The van der Waals surface area contributed by atoms with Crippen LogP contribution in [0.25, 0.3) is 0 Å². The smallest absolute Gasteiger partial charge is 0.276 e. The number of carbonyl (C=O) groups is 1. The molecule has 0 aromatic carbocycles. The van der Waals surface area contributed by atoms with Crippen LogP contribution in [-0.4, -0.2) is 10.9 Å². The molecule has 0 saturated heterocycles. The number of carbonyl (C=O) groups excluding carboxylic acids is 1. The van der Waals surface area contributed by atoms with Gasteiger partial charge in [-0.3, -0.25) is 10.1 Å². The molecule has 5 nitrogen and oxygen atoms in total. The molecule has 1 heterocycles. The standard InChI is InChI=1S/C6H6N4OS/c1-3-4(5(11)9-2-7)12-6(8)10-3/h1H3,(H2,8,10)(H,9,11). The Labute approximate surface area is 72.8 Å². The van der Waals surface area contributed by atoms with Crippen molar-refractivity contribution < 1.29 is 4.79 Å². The summed E-state index contributed by atoms with van der Waals surface area (Å²) in [5.74, 6) is -0.454. The Morgan fingerprint density at radius 1 is 1.83 bits per heavy atom. The summed E-state index contributed by atoms with van der Waals surface area (Å²) in [6, 6.07) is 0. The van der Waals surface area contributed by atoms with Gasteiger partial charge in [-0.15, -0.1) is 0 Å². The van der Waals surface area contributed by atoms with Crippen molar-refractivity contribution in [1.29, 1.82) is 5.26 Å². The minimum Gasteiger partial charge on any atom is -0.375 e. The Kier molecular flexibility index (Phi) is 2.26. The maximum Gasteiger partial charge on any atom is 0.276 e. The fourth-order valence-corrected chi connectivity index (χ4v) is 1.46. The zero-order valence-corrected chi connectivity index (χ0v) is 7.10. The van der Waals surface area contributed by atoms with E-state index >= 15 is 0 Å². The molecule has 0 bridgehead atoms. The summed E-state index contributed by atoms with van der Waals surface area (Å²) in [4.78, 5) is 15.3. The SMILES string of the molecule is Cc1nc(N)sc1C(=O)NC#N. The minimum atomic E-state index is -0.454. The Balaban J connectivity index is 2.96. The number of amides is 1. The number of hydrogen-bond acceptors (Lipinski definition) is 5. The second-order valence-electron chi connectivity index (χ2n) is 2.03. The van der Waals surface area contributed by atoms with Gasteiger partial charge in [-0.2, -0.15) is 5.26 Å². The summed E-state index contributed by atoms with van der Waals surface area (Å²) in [5, 5.41) is 10.5. The van der Waals surface area contributed by atoms with Crippen LogP contribution in [0, 0.1) is 18.4 Å². The molecule has 0 fully saturated rings. The van der Waals surface area contributed by atoms with Gasteiger partial charge in [-0.05, 0) is 6.92 Å². The molecule has 0 atom stereocenters. The van der Waals surface area contributed by atoms with Gasteiger partial charge in [0.15, 0.2) is 11.3 Å². The lowest BCUT2D eigenvalue weighted by Gasteiger charge is -1.91. The summed E-state index contributed by atoms with van der Waals surface area (Å²) in [7, 11) is 0. The van der Waals surface area contributed by atoms with Gasteiger partial charge in [0.05, 0.1) is 5.69 Å². The molecule has 0 radical (unpaired) electrons. The first kappa shape index (κ1) is 8.49. The quantitative estimate of drug-likeness (QED) is 0.481. The molecule has 62 valence electrons. The number of nitrogen functional groups attached to an aromatic ring is 1. The number of aromatic nitrogens is 1. The highest BCUT2D eigenvalue weighted by atomic mass is 32.1. The van der Waals surface area contributed by atoms with Crippen LogP contribution in [0.5, 0.6) is 0 Å². The second kappa shape index (κ2) is 3.19. The normalized spacial score (nSPS) is 9.00. The van der Waals surface area contributed by atoms with Crippen LogP contribution in [0.4, 0.5) is 5.13 Å². The molecule has 0 unspecified atom stereocenters. The zero-order chi connectivity index (χ0) is 9.14. The molecule has 0 aliphatic carbocycles. The van der Waals surface area contributed by atoms with Crippen LogP contribution in [0.1, 0.15) is 15.4 Å². The molecule has 1 rings (SSSR count). The van der Waals surface area contributed by atoms with Crippen LogP contribution < -0.4 is 11.1 Å². The van der Waals surface area contributed by atoms with Crippen LogP contribution in [-0.2, 0) is 0 Å². The highest BCUT2D eigenvalue weighted by Gasteiger charge is 2.12. The van der Waals surface area contributed by atoms with Crippen molar-refractivity contribution in [2.45, 2.75) is 6.92 Å². The number of rotatable bonds is 1. The number of thiazole rings is 1. The van der Waals surface area contributed by atoms with E-state index in [9.17, 15) is 4.79 Å². The molecule has 3 N–H and O–H groups in total. The van der Waals surface area contributed by atoms with E-state index in [1.807, 2.05) is 5.32 Å². The fourth-order valence-electron chi connectivity index (χ4n) is 0.735. The van der Waals surface area contributed by atoms with Crippen molar-refractivity contribution in [1.82, 2.24) is 10.3 Å². The molecule has 12 heavy (non-hydrogen) atoms. The molecular weight excluding hydrogens is 176 g/mol.